The topological polar surface area (TPSA) is 61.8 Å². The molecule has 5 heteroatoms. The zero-order chi connectivity index (χ0) is 9.31. The van der Waals surface area contributed by atoms with E-state index in [9.17, 15) is 4.79 Å². The lowest BCUT2D eigenvalue weighted by Crippen LogP contribution is -2.51. The zero-order valence-electron chi connectivity index (χ0n) is 7.45. The number of hydrogen-bond acceptors (Lipinski definition) is 3. The van der Waals surface area contributed by atoms with Gasteiger partial charge in [0, 0.05) is 13.1 Å². The summed E-state index contributed by atoms with van der Waals surface area (Å²) in [6, 6.07) is 0. The molecule has 2 saturated heterocycles. The summed E-state index contributed by atoms with van der Waals surface area (Å²) in [7, 11) is 0. The Morgan fingerprint density at radius 2 is 2.46 bits per heavy atom. The maximum atomic E-state index is 10.7. The fourth-order valence-electron chi connectivity index (χ4n) is 2.06. The van der Waals surface area contributed by atoms with Crippen molar-refractivity contribution in [2.75, 3.05) is 26.4 Å². The van der Waals surface area contributed by atoms with Crippen molar-refractivity contribution < 1.29 is 14.6 Å². The largest absolute Gasteiger partial charge is 0.465 e. The Labute approximate surface area is 76.7 Å². The van der Waals surface area contributed by atoms with E-state index in [2.05, 4.69) is 5.32 Å². The molecular weight excluding hydrogens is 172 g/mol. The van der Waals surface area contributed by atoms with E-state index in [4.69, 9.17) is 9.84 Å². The van der Waals surface area contributed by atoms with Gasteiger partial charge >= 0.3 is 6.09 Å². The van der Waals surface area contributed by atoms with E-state index in [0.717, 1.165) is 19.4 Å². The summed E-state index contributed by atoms with van der Waals surface area (Å²) in [6.45, 7) is 2.47. The second kappa shape index (κ2) is 3.16. The summed E-state index contributed by atoms with van der Waals surface area (Å²) in [5.41, 5.74) is -0.239. The van der Waals surface area contributed by atoms with Gasteiger partial charge in [0.25, 0.3) is 0 Å². The molecule has 0 aromatic heterocycles. The lowest BCUT2D eigenvalue weighted by molar-refractivity contribution is -0.0391. The normalized spacial score (nSPS) is 34.0. The molecule has 2 fully saturated rings. The predicted molar refractivity (Wildman–Crippen MR) is 45.5 cm³/mol. The van der Waals surface area contributed by atoms with Gasteiger partial charge in [-0.05, 0) is 12.8 Å². The Hall–Kier alpha value is -0.810. The van der Waals surface area contributed by atoms with Crippen molar-refractivity contribution >= 4 is 6.09 Å². The summed E-state index contributed by atoms with van der Waals surface area (Å²) >= 11 is 0. The smallest absolute Gasteiger partial charge is 0.407 e. The second-order valence-electron chi connectivity index (χ2n) is 3.71. The number of hydrogen-bond donors (Lipinski definition) is 2. The van der Waals surface area contributed by atoms with E-state index >= 15 is 0 Å². The number of carboxylic acid groups (broad SMARTS) is 1. The molecule has 2 heterocycles. The Morgan fingerprint density at radius 3 is 3.08 bits per heavy atom. The van der Waals surface area contributed by atoms with Gasteiger partial charge in [0.1, 0.15) is 5.60 Å². The number of likely N-dealkylation sites (tertiary alicyclic amines) is 1. The SMILES string of the molecule is O=C(O)N1CCCC2(CNCO2)C1. The Kier molecular flexibility index (Phi) is 2.13. The van der Waals surface area contributed by atoms with Crippen LogP contribution in [0.2, 0.25) is 0 Å². The molecule has 74 valence electrons. The first-order valence-corrected chi connectivity index (χ1v) is 4.54. The molecule has 0 saturated carbocycles. The number of carbonyl (C=O) groups is 1. The van der Waals surface area contributed by atoms with Crippen molar-refractivity contribution in [3.05, 3.63) is 0 Å². The third-order valence-corrected chi connectivity index (χ3v) is 2.74. The Bertz CT molecular complexity index is 213. The molecule has 2 aliphatic rings. The van der Waals surface area contributed by atoms with Crippen LogP contribution in [-0.2, 0) is 4.74 Å². The van der Waals surface area contributed by atoms with E-state index in [1.807, 2.05) is 0 Å². The van der Waals surface area contributed by atoms with Crippen molar-refractivity contribution in [3.8, 4) is 0 Å². The molecule has 1 unspecified atom stereocenters. The molecule has 1 atom stereocenters. The van der Waals surface area contributed by atoms with Crippen molar-refractivity contribution in [1.29, 1.82) is 0 Å². The van der Waals surface area contributed by atoms with Crippen LogP contribution in [0.15, 0.2) is 0 Å². The van der Waals surface area contributed by atoms with Crippen LogP contribution in [-0.4, -0.2) is 48.1 Å². The van der Waals surface area contributed by atoms with Crippen molar-refractivity contribution in [2.24, 2.45) is 0 Å². The Morgan fingerprint density at radius 1 is 1.62 bits per heavy atom. The molecule has 0 bridgehead atoms. The number of piperidine rings is 1. The number of nitrogens with zero attached hydrogens (tertiary/aromatic N) is 1. The molecule has 0 aromatic carbocycles. The van der Waals surface area contributed by atoms with Gasteiger partial charge in [0.05, 0.1) is 13.3 Å². The standard InChI is InChI=1S/C8H14N2O3/c11-7(12)10-3-1-2-8(5-10)4-9-6-13-8/h9H,1-6H2,(H,11,12). The maximum absolute atomic E-state index is 10.7. The zero-order valence-corrected chi connectivity index (χ0v) is 7.45. The monoisotopic (exact) mass is 186 g/mol. The van der Waals surface area contributed by atoms with E-state index in [1.165, 1.54) is 4.90 Å². The number of rotatable bonds is 0. The van der Waals surface area contributed by atoms with Gasteiger partial charge in [-0.2, -0.15) is 0 Å². The number of nitrogens with one attached hydrogen (secondary N) is 1. The van der Waals surface area contributed by atoms with E-state index in [0.29, 0.717) is 19.8 Å². The summed E-state index contributed by atoms with van der Waals surface area (Å²) in [4.78, 5) is 12.2. The van der Waals surface area contributed by atoms with Gasteiger partial charge in [0.15, 0.2) is 0 Å². The fraction of sp³-hybridized carbons (Fsp3) is 0.875. The molecule has 1 spiro atoms. The Balaban J connectivity index is 2.02. The molecule has 2 rings (SSSR count). The van der Waals surface area contributed by atoms with Crippen LogP contribution >= 0.6 is 0 Å². The predicted octanol–water partition coefficient (Wildman–Crippen LogP) is 0.0763. The highest BCUT2D eigenvalue weighted by atomic mass is 16.5. The first-order valence-electron chi connectivity index (χ1n) is 4.54. The average molecular weight is 186 g/mol. The molecule has 2 N–H and O–H groups in total. The van der Waals surface area contributed by atoms with Crippen LogP contribution < -0.4 is 5.32 Å². The van der Waals surface area contributed by atoms with E-state index in [-0.39, 0.29) is 5.60 Å². The molecule has 0 aromatic rings. The number of ether oxygens (including phenoxy) is 1. The van der Waals surface area contributed by atoms with Gasteiger partial charge < -0.3 is 14.7 Å². The first kappa shape index (κ1) is 8.77. The van der Waals surface area contributed by atoms with Crippen LogP contribution in [0.4, 0.5) is 4.79 Å². The lowest BCUT2D eigenvalue weighted by atomic mass is 9.93. The van der Waals surface area contributed by atoms with Gasteiger partial charge in [0.2, 0.25) is 0 Å². The van der Waals surface area contributed by atoms with Gasteiger partial charge in [-0.1, -0.05) is 0 Å². The van der Waals surface area contributed by atoms with Crippen LogP contribution in [0.3, 0.4) is 0 Å². The highest BCUT2D eigenvalue weighted by Crippen LogP contribution is 2.26. The minimum Gasteiger partial charge on any atom is -0.465 e. The highest BCUT2D eigenvalue weighted by molar-refractivity contribution is 5.65. The summed E-state index contributed by atoms with van der Waals surface area (Å²) in [5, 5.41) is 11.9. The summed E-state index contributed by atoms with van der Waals surface area (Å²) in [5.74, 6) is 0. The molecule has 0 aliphatic carbocycles. The number of amides is 1. The van der Waals surface area contributed by atoms with E-state index < -0.39 is 6.09 Å². The fourth-order valence-corrected chi connectivity index (χ4v) is 2.06. The summed E-state index contributed by atoms with van der Waals surface area (Å²) in [6.07, 6.45) is 1.02. The maximum Gasteiger partial charge on any atom is 0.407 e. The molecule has 1 amide bonds. The summed E-state index contributed by atoms with van der Waals surface area (Å²) < 4.78 is 5.55. The van der Waals surface area contributed by atoms with E-state index in [1.54, 1.807) is 0 Å². The van der Waals surface area contributed by atoms with Crippen LogP contribution in [0, 0.1) is 0 Å². The van der Waals surface area contributed by atoms with Crippen molar-refractivity contribution in [2.45, 2.75) is 18.4 Å². The minimum absolute atomic E-state index is 0.239. The highest BCUT2D eigenvalue weighted by Gasteiger charge is 2.40. The van der Waals surface area contributed by atoms with Gasteiger partial charge in [-0.3, -0.25) is 5.32 Å². The van der Waals surface area contributed by atoms with Crippen LogP contribution in [0.1, 0.15) is 12.8 Å². The third-order valence-electron chi connectivity index (χ3n) is 2.74. The first-order chi connectivity index (χ1) is 6.22. The van der Waals surface area contributed by atoms with Gasteiger partial charge in [-0.25, -0.2) is 4.79 Å². The molecule has 5 nitrogen and oxygen atoms in total. The van der Waals surface area contributed by atoms with Crippen LogP contribution in [0.5, 0.6) is 0 Å². The van der Waals surface area contributed by atoms with Crippen molar-refractivity contribution in [3.63, 3.8) is 0 Å². The van der Waals surface area contributed by atoms with Crippen molar-refractivity contribution in [1.82, 2.24) is 10.2 Å². The lowest BCUT2D eigenvalue weighted by Gasteiger charge is -2.37. The van der Waals surface area contributed by atoms with Gasteiger partial charge in [-0.15, -0.1) is 0 Å². The molecule has 0 radical (unpaired) electrons. The molecular formula is C8H14N2O3. The minimum atomic E-state index is -0.838. The molecule has 2 aliphatic heterocycles. The van der Waals surface area contributed by atoms with Crippen LogP contribution in [0.25, 0.3) is 0 Å². The third kappa shape index (κ3) is 1.62. The average Bonchev–Trinajstić information content (AvgIpc) is 2.53. The molecule has 13 heavy (non-hydrogen) atoms. The second-order valence-corrected chi connectivity index (χ2v) is 3.71. The quantitative estimate of drug-likeness (QED) is 0.562.